The van der Waals surface area contributed by atoms with Gasteiger partial charge in [0.25, 0.3) is 10.0 Å². The van der Waals surface area contributed by atoms with Gasteiger partial charge in [0.2, 0.25) is 0 Å². The van der Waals surface area contributed by atoms with Crippen molar-refractivity contribution in [2.45, 2.75) is 11.8 Å². The van der Waals surface area contributed by atoms with E-state index < -0.39 is 10.0 Å². The van der Waals surface area contributed by atoms with Gasteiger partial charge < -0.3 is 5.11 Å². The number of pyridine rings is 1. The molecule has 1 aromatic heterocycles. The van der Waals surface area contributed by atoms with Gasteiger partial charge in [-0.1, -0.05) is 17.9 Å². The Labute approximate surface area is 123 Å². The summed E-state index contributed by atoms with van der Waals surface area (Å²) in [6, 6.07) is 7.91. The van der Waals surface area contributed by atoms with Crippen molar-refractivity contribution in [3.63, 3.8) is 0 Å². The maximum absolute atomic E-state index is 12.3. The Morgan fingerprint density at radius 1 is 1.29 bits per heavy atom. The number of anilines is 1. The van der Waals surface area contributed by atoms with Crippen molar-refractivity contribution in [2.24, 2.45) is 0 Å². The molecule has 0 unspecified atom stereocenters. The Bertz CT molecular complexity index is 805. The van der Waals surface area contributed by atoms with E-state index in [4.69, 9.17) is 5.11 Å². The van der Waals surface area contributed by atoms with Crippen molar-refractivity contribution < 1.29 is 13.5 Å². The summed E-state index contributed by atoms with van der Waals surface area (Å²) in [5.74, 6) is 5.16. The largest absolute Gasteiger partial charge is 0.384 e. The fourth-order valence-corrected chi connectivity index (χ4v) is 2.79. The first kappa shape index (κ1) is 15.0. The molecule has 0 aliphatic heterocycles. The first-order chi connectivity index (χ1) is 10.0. The van der Waals surface area contributed by atoms with E-state index in [1.165, 1.54) is 18.3 Å². The van der Waals surface area contributed by atoms with E-state index in [1.54, 1.807) is 24.4 Å². The first-order valence-corrected chi connectivity index (χ1v) is 7.64. The zero-order valence-corrected chi connectivity index (χ0v) is 12.2. The highest BCUT2D eigenvalue weighted by Crippen LogP contribution is 2.17. The predicted octanol–water partition coefficient (Wildman–Crippen LogP) is 1.53. The lowest BCUT2D eigenvalue weighted by Gasteiger charge is -2.08. The van der Waals surface area contributed by atoms with Crippen molar-refractivity contribution in [3.8, 4) is 11.8 Å². The van der Waals surface area contributed by atoms with Crippen molar-refractivity contribution in [3.05, 3.63) is 53.9 Å². The average Bonchev–Trinajstić information content (AvgIpc) is 2.45. The molecule has 0 saturated heterocycles. The van der Waals surface area contributed by atoms with Crippen LogP contribution in [-0.2, 0) is 10.0 Å². The molecule has 0 aliphatic carbocycles. The Morgan fingerprint density at radius 2 is 2.10 bits per heavy atom. The second-order valence-corrected chi connectivity index (χ2v) is 6.03. The minimum atomic E-state index is -3.70. The molecule has 1 aromatic carbocycles. The average molecular weight is 302 g/mol. The molecule has 2 rings (SSSR count). The van der Waals surface area contributed by atoms with E-state index >= 15 is 0 Å². The molecule has 0 radical (unpaired) electrons. The molecule has 2 N–H and O–H groups in total. The van der Waals surface area contributed by atoms with Crippen LogP contribution in [-0.4, -0.2) is 25.1 Å². The van der Waals surface area contributed by atoms with E-state index in [1.807, 2.05) is 6.92 Å². The van der Waals surface area contributed by atoms with Crippen LogP contribution in [0.5, 0.6) is 0 Å². The number of aryl methyl sites for hydroxylation is 1. The first-order valence-electron chi connectivity index (χ1n) is 6.15. The third-order valence-corrected chi connectivity index (χ3v) is 3.96. The third kappa shape index (κ3) is 4.05. The summed E-state index contributed by atoms with van der Waals surface area (Å²) in [5.41, 5.74) is 1.79. The Kier molecular flexibility index (Phi) is 4.58. The molecule has 5 nitrogen and oxygen atoms in total. The van der Waals surface area contributed by atoms with Crippen molar-refractivity contribution in [1.29, 1.82) is 0 Å². The van der Waals surface area contributed by atoms with E-state index in [0.29, 0.717) is 11.3 Å². The van der Waals surface area contributed by atoms with Crippen molar-refractivity contribution in [2.75, 3.05) is 11.3 Å². The smallest absolute Gasteiger partial charge is 0.261 e. The molecule has 0 fully saturated rings. The highest BCUT2D eigenvalue weighted by atomic mass is 32.2. The van der Waals surface area contributed by atoms with Gasteiger partial charge in [-0.25, -0.2) is 8.42 Å². The Hall–Kier alpha value is -2.36. The summed E-state index contributed by atoms with van der Waals surface area (Å²) in [6.45, 7) is 1.56. The molecular weight excluding hydrogens is 288 g/mol. The normalized spacial score (nSPS) is 10.6. The number of sulfonamides is 1. The van der Waals surface area contributed by atoms with Crippen LogP contribution in [0.3, 0.4) is 0 Å². The van der Waals surface area contributed by atoms with Crippen LogP contribution in [0.2, 0.25) is 0 Å². The van der Waals surface area contributed by atoms with Gasteiger partial charge >= 0.3 is 0 Å². The summed E-state index contributed by atoms with van der Waals surface area (Å²) in [6.07, 6.45) is 3.09. The molecule has 0 atom stereocenters. The Morgan fingerprint density at radius 3 is 2.81 bits per heavy atom. The summed E-state index contributed by atoms with van der Waals surface area (Å²) >= 11 is 0. The molecule has 108 valence electrons. The molecule has 1 heterocycles. The zero-order chi connectivity index (χ0) is 15.3. The summed E-state index contributed by atoms with van der Waals surface area (Å²) < 4.78 is 27.1. The zero-order valence-electron chi connectivity index (χ0n) is 11.4. The molecular formula is C15H14N2O3S. The highest BCUT2D eigenvalue weighted by Gasteiger charge is 2.14. The van der Waals surface area contributed by atoms with Crippen LogP contribution in [0.15, 0.2) is 47.6 Å². The maximum atomic E-state index is 12.3. The highest BCUT2D eigenvalue weighted by molar-refractivity contribution is 7.92. The van der Waals surface area contributed by atoms with Gasteiger partial charge in [-0.3, -0.25) is 9.71 Å². The second kappa shape index (κ2) is 6.39. The van der Waals surface area contributed by atoms with E-state index in [9.17, 15) is 8.42 Å². The molecule has 0 aliphatic rings. The predicted molar refractivity (Wildman–Crippen MR) is 80.2 cm³/mol. The minimum Gasteiger partial charge on any atom is -0.384 e. The molecule has 2 aromatic rings. The van der Waals surface area contributed by atoms with Gasteiger partial charge in [-0.05, 0) is 36.8 Å². The van der Waals surface area contributed by atoms with Crippen LogP contribution in [0.4, 0.5) is 5.69 Å². The lowest BCUT2D eigenvalue weighted by Crippen LogP contribution is -2.13. The number of aromatic nitrogens is 1. The fourth-order valence-electron chi connectivity index (χ4n) is 1.71. The fraction of sp³-hybridized carbons (Fsp3) is 0.133. The molecule has 0 bridgehead atoms. The van der Waals surface area contributed by atoms with Crippen molar-refractivity contribution >= 4 is 15.7 Å². The number of hydrogen-bond donors (Lipinski definition) is 2. The van der Waals surface area contributed by atoms with Crippen molar-refractivity contribution in [1.82, 2.24) is 4.98 Å². The molecule has 21 heavy (non-hydrogen) atoms. The summed E-state index contributed by atoms with van der Waals surface area (Å²) in [7, 11) is -3.70. The van der Waals surface area contributed by atoms with Crippen LogP contribution < -0.4 is 4.72 Å². The summed E-state index contributed by atoms with van der Waals surface area (Å²) in [4.78, 5) is 4.05. The number of nitrogens with one attached hydrogen (secondary N) is 1. The number of benzene rings is 1. The number of rotatable bonds is 3. The van der Waals surface area contributed by atoms with Gasteiger partial charge in [0.15, 0.2) is 0 Å². The van der Waals surface area contributed by atoms with Gasteiger partial charge in [0.05, 0.1) is 16.8 Å². The van der Waals surface area contributed by atoms with Crippen LogP contribution in [0.1, 0.15) is 11.1 Å². The second-order valence-electron chi connectivity index (χ2n) is 4.34. The van der Waals surface area contributed by atoms with E-state index in [2.05, 4.69) is 21.5 Å². The van der Waals surface area contributed by atoms with Gasteiger partial charge in [-0.15, -0.1) is 0 Å². The van der Waals surface area contributed by atoms with Crippen LogP contribution >= 0.6 is 0 Å². The molecule has 0 saturated carbocycles. The topological polar surface area (TPSA) is 79.3 Å². The van der Waals surface area contributed by atoms with Gasteiger partial charge in [0.1, 0.15) is 6.61 Å². The molecule has 6 heteroatoms. The standard InChI is InChI=1S/C15H14N2O3S/c1-12-8-14(11-16-10-12)17-21(19,20)15-6-2-4-13(9-15)5-3-7-18/h2,4,6,8-11,17-18H,7H2,1H3. The third-order valence-electron chi connectivity index (χ3n) is 2.58. The van der Waals surface area contributed by atoms with Gasteiger partial charge in [0, 0.05) is 11.8 Å². The number of hydrogen-bond acceptors (Lipinski definition) is 4. The number of nitrogens with zero attached hydrogens (tertiary/aromatic N) is 1. The van der Waals surface area contributed by atoms with Gasteiger partial charge in [-0.2, -0.15) is 0 Å². The van der Waals surface area contributed by atoms with Crippen LogP contribution in [0.25, 0.3) is 0 Å². The minimum absolute atomic E-state index is 0.105. The maximum Gasteiger partial charge on any atom is 0.261 e. The molecule has 0 amide bonds. The van der Waals surface area contributed by atoms with E-state index in [0.717, 1.165) is 5.56 Å². The van der Waals surface area contributed by atoms with Crippen LogP contribution in [0, 0.1) is 18.8 Å². The monoisotopic (exact) mass is 302 g/mol. The number of aliphatic hydroxyl groups is 1. The SMILES string of the molecule is Cc1cncc(NS(=O)(=O)c2cccc(C#CCO)c2)c1. The summed E-state index contributed by atoms with van der Waals surface area (Å²) in [5, 5.41) is 8.67. The molecule has 0 spiro atoms. The number of aliphatic hydroxyl groups excluding tert-OH is 1. The quantitative estimate of drug-likeness (QED) is 0.843. The lowest BCUT2D eigenvalue weighted by atomic mass is 10.2. The lowest BCUT2D eigenvalue weighted by molar-refractivity contribution is 0.350. The Balaban J connectivity index is 2.31. The van der Waals surface area contributed by atoms with E-state index in [-0.39, 0.29) is 11.5 Å².